The molecule has 0 fully saturated rings. The molecule has 82 valence electrons. The van der Waals surface area contributed by atoms with Crippen molar-refractivity contribution in [1.82, 2.24) is 4.98 Å². The molecule has 3 nitrogen and oxygen atoms in total. The molecule has 1 aromatic heterocycles. The quantitative estimate of drug-likeness (QED) is 0.810. The molecule has 2 N–H and O–H groups in total. The number of aromatic nitrogens is 1. The van der Waals surface area contributed by atoms with Gasteiger partial charge in [-0.3, -0.25) is 0 Å². The fourth-order valence-corrected chi connectivity index (χ4v) is 1.51. The molecule has 16 heavy (non-hydrogen) atoms. The molecule has 2 aromatic rings. The van der Waals surface area contributed by atoms with Gasteiger partial charge in [0.05, 0.1) is 5.02 Å². The molecule has 2 rings (SSSR count). The number of nitrogens with two attached hydrogens (primary N) is 1. The van der Waals surface area contributed by atoms with Gasteiger partial charge in [0.15, 0.2) is 0 Å². The van der Waals surface area contributed by atoms with Gasteiger partial charge in [-0.25, -0.2) is 4.98 Å². The lowest BCUT2D eigenvalue weighted by molar-refractivity contribution is 0.462. The minimum atomic E-state index is 0.475. The Labute approximate surface area is 98.8 Å². The van der Waals surface area contributed by atoms with Crippen LogP contribution in [0.5, 0.6) is 11.6 Å². The Morgan fingerprint density at radius 3 is 2.75 bits per heavy atom. The van der Waals surface area contributed by atoms with E-state index < -0.39 is 0 Å². The van der Waals surface area contributed by atoms with Crippen LogP contribution in [0.4, 0.5) is 5.69 Å². The highest BCUT2D eigenvalue weighted by atomic mass is 35.5. The highest BCUT2D eigenvalue weighted by molar-refractivity contribution is 6.32. The van der Waals surface area contributed by atoms with Crippen LogP contribution in [0.15, 0.2) is 36.4 Å². The zero-order chi connectivity index (χ0) is 11.5. The van der Waals surface area contributed by atoms with Crippen LogP contribution in [0.25, 0.3) is 0 Å². The summed E-state index contributed by atoms with van der Waals surface area (Å²) in [5, 5.41) is 0.475. The van der Waals surface area contributed by atoms with Gasteiger partial charge in [0.1, 0.15) is 5.75 Å². The van der Waals surface area contributed by atoms with E-state index in [2.05, 4.69) is 4.98 Å². The Morgan fingerprint density at radius 2 is 2.06 bits per heavy atom. The van der Waals surface area contributed by atoms with Gasteiger partial charge >= 0.3 is 0 Å². The third-order valence-electron chi connectivity index (χ3n) is 2.03. The van der Waals surface area contributed by atoms with Crippen molar-refractivity contribution in [3.8, 4) is 11.6 Å². The summed E-state index contributed by atoms with van der Waals surface area (Å²) in [5.74, 6) is 1.07. The van der Waals surface area contributed by atoms with Gasteiger partial charge in [-0.15, -0.1) is 0 Å². The molecule has 1 aromatic carbocycles. The maximum Gasteiger partial charge on any atom is 0.219 e. The average molecular weight is 235 g/mol. The Hall–Kier alpha value is -1.74. The van der Waals surface area contributed by atoms with Crippen molar-refractivity contribution in [2.45, 2.75) is 6.92 Å². The zero-order valence-corrected chi connectivity index (χ0v) is 9.53. The SMILES string of the molecule is Cc1cccc(Oc2ccc(N)cc2Cl)n1. The lowest BCUT2D eigenvalue weighted by Gasteiger charge is -2.07. The lowest BCUT2D eigenvalue weighted by Crippen LogP contribution is -1.91. The number of hydrogen-bond donors (Lipinski definition) is 1. The maximum absolute atomic E-state index is 5.99. The number of nitrogen functional groups attached to an aromatic ring is 1. The fraction of sp³-hybridized carbons (Fsp3) is 0.0833. The highest BCUT2D eigenvalue weighted by Gasteiger charge is 2.04. The molecule has 0 bridgehead atoms. The van der Waals surface area contributed by atoms with Gasteiger partial charge in [0.2, 0.25) is 5.88 Å². The third kappa shape index (κ3) is 2.44. The first-order chi connectivity index (χ1) is 7.65. The average Bonchev–Trinajstić information content (AvgIpc) is 2.22. The highest BCUT2D eigenvalue weighted by Crippen LogP contribution is 2.29. The molecular formula is C12H11ClN2O. The number of rotatable bonds is 2. The van der Waals surface area contributed by atoms with Gasteiger partial charge in [-0.1, -0.05) is 17.7 Å². The molecule has 0 unspecified atom stereocenters. The second-order valence-corrected chi connectivity index (χ2v) is 3.82. The summed E-state index contributed by atoms with van der Waals surface area (Å²) in [4.78, 5) is 4.22. The van der Waals surface area contributed by atoms with Crippen LogP contribution in [0.1, 0.15) is 5.69 Å². The van der Waals surface area contributed by atoms with Crippen molar-refractivity contribution in [3.05, 3.63) is 47.1 Å². The van der Waals surface area contributed by atoms with Crippen LogP contribution >= 0.6 is 11.6 Å². The molecule has 0 aliphatic carbocycles. The number of benzene rings is 1. The molecule has 0 amide bonds. The van der Waals surface area contributed by atoms with Gasteiger partial charge in [0.25, 0.3) is 0 Å². The number of ether oxygens (including phenoxy) is 1. The molecule has 0 atom stereocenters. The van der Waals surface area contributed by atoms with Crippen LogP contribution in [0, 0.1) is 6.92 Å². The number of pyridine rings is 1. The smallest absolute Gasteiger partial charge is 0.219 e. The summed E-state index contributed by atoms with van der Waals surface area (Å²) in [6.07, 6.45) is 0. The van der Waals surface area contributed by atoms with E-state index in [1.54, 1.807) is 24.3 Å². The van der Waals surface area contributed by atoms with Gasteiger partial charge in [-0.05, 0) is 31.2 Å². The third-order valence-corrected chi connectivity index (χ3v) is 2.33. The minimum Gasteiger partial charge on any atom is -0.437 e. The van der Waals surface area contributed by atoms with Gasteiger partial charge < -0.3 is 10.5 Å². The van der Waals surface area contributed by atoms with E-state index in [1.807, 2.05) is 19.1 Å². The Kier molecular flexibility index (Phi) is 2.97. The zero-order valence-electron chi connectivity index (χ0n) is 8.77. The van der Waals surface area contributed by atoms with Gasteiger partial charge in [-0.2, -0.15) is 0 Å². The van der Waals surface area contributed by atoms with Crippen molar-refractivity contribution >= 4 is 17.3 Å². The first-order valence-corrected chi connectivity index (χ1v) is 5.19. The monoisotopic (exact) mass is 234 g/mol. The summed E-state index contributed by atoms with van der Waals surface area (Å²) < 4.78 is 5.55. The molecule has 0 radical (unpaired) electrons. The van der Waals surface area contributed by atoms with Crippen molar-refractivity contribution < 1.29 is 4.74 Å². The van der Waals surface area contributed by atoms with E-state index in [0.717, 1.165) is 5.69 Å². The van der Waals surface area contributed by atoms with Crippen molar-refractivity contribution in [2.24, 2.45) is 0 Å². The summed E-state index contributed by atoms with van der Waals surface area (Å²) in [7, 11) is 0. The second kappa shape index (κ2) is 4.41. The maximum atomic E-state index is 5.99. The van der Waals surface area contributed by atoms with E-state index in [-0.39, 0.29) is 0 Å². The molecule has 1 heterocycles. The fourth-order valence-electron chi connectivity index (χ4n) is 1.29. The number of halogens is 1. The molecule has 0 saturated carbocycles. The number of aryl methyl sites for hydroxylation is 1. The summed E-state index contributed by atoms with van der Waals surface area (Å²) >= 11 is 5.99. The summed E-state index contributed by atoms with van der Waals surface area (Å²) in [5.41, 5.74) is 7.09. The van der Waals surface area contributed by atoms with Crippen molar-refractivity contribution in [2.75, 3.05) is 5.73 Å². The predicted octanol–water partition coefficient (Wildman–Crippen LogP) is 3.42. The first-order valence-electron chi connectivity index (χ1n) is 4.82. The van der Waals surface area contributed by atoms with Gasteiger partial charge in [0, 0.05) is 17.4 Å². The largest absolute Gasteiger partial charge is 0.437 e. The molecule has 0 aliphatic heterocycles. The van der Waals surface area contributed by atoms with E-state index in [4.69, 9.17) is 22.1 Å². The Morgan fingerprint density at radius 1 is 1.25 bits per heavy atom. The second-order valence-electron chi connectivity index (χ2n) is 3.41. The minimum absolute atomic E-state index is 0.475. The van der Waals surface area contributed by atoms with E-state index in [9.17, 15) is 0 Å². The van der Waals surface area contributed by atoms with Crippen LogP contribution < -0.4 is 10.5 Å². The van der Waals surface area contributed by atoms with E-state index in [1.165, 1.54) is 0 Å². The molecule has 0 spiro atoms. The standard InChI is InChI=1S/C12H11ClN2O/c1-8-3-2-4-12(15-8)16-11-6-5-9(14)7-10(11)13/h2-7H,14H2,1H3. The normalized spacial score (nSPS) is 10.1. The molecular weight excluding hydrogens is 224 g/mol. The van der Waals surface area contributed by atoms with Crippen molar-refractivity contribution in [1.29, 1.82) is 0 Å². The van der Waals surface area contributed by atoms with E-state index >= 15 is 0 Å². The molecule has 0 aliphatic rings. The number of nitrogens with zero attached hydrogens (tertiary/aromatic N) is 1. The number of hydrogen-bond acceptors (Lipinski definition) is 3. The summed E-state index contributed by atoms with van der Waals surface area (Å²) in [6, 6.07) is 10.7. The van der Waals surface area contributed by atoms with Crippen LogP contribution in [0.3, 0.4) is 0 Å². The van der Waals surface area contributed by atoms with Crippen LogP contribution in [0.2, 0.25) is 5.02 Å². The lowest BCUT2D eigenvalue weighted by atomic mass is 10.3. The van der Waals surface area contributed by atoms with Crippen LogP contribution in [-0.2, 0) is 0 Å². The number of anilines is 1. The Bertz CT molecular complexity index is 514. The summed E-state index contributed by atoms with van der Waals surface area (Å²) in [6.45, 7) is 1.90. The van der Waals surface area contributed by atoms with Crippen LogP contribution in [-0.4, -0.2) is 4.98 Å². The first kappa shape index (κ1) is 10.8. The topological polar surface area (TPSA) is 48.1 Å². The Balaban J connectivity index is 2.27. The van der Waals surface area contributed by atoms with Crippen molar-refractivity contribution in [3.63, 3.8) is 0 Å². The molecule has 4 heteroatoms. The van der Waals surface area contributed by atoms with E-state index in [0.29, 0.717) is 22.3 Å². The molecule has 0 saturated heterocycles. The predicted molar refractivity (Wildman–Crippen MR) is 64.9 cm³/mol.